The van der Waals surface area contributed by atoms with Crippen LogP contribution >= 0.6 is 11.3 Å². The van der Waals surface area contributed by atoms with Crippen molar-refractivity contribution in [3.8, 4) is 5.75 Å². The van der Waals surface area contributed by atoms with Gasteiger partial charge in [-0.1, -0.05) is 12.1 Å². The molecular weight excluding hydrogens is 504 g/mol. The molecule has 0 unspecified atom stereocenters. The lowest BCUT2D eigenvalue weighted by Gasteiger charge is -2.36. The Bertz CT molecular complexity index is 1260. The molecule has 5 rings (SSSR count). The minimum Gasteiger partial charge on any atom is -0.494 e. The number of nitrogens with zero attached hydrogens (tertiary/aromatic N) is 3. The maximum Gasteiger partial charge on any atom is 0.433 e. The summed E-state index contributed by atoms with van der Waals surface area (Å²) in [6.45, 7) is 5.73. The minimum absolute atomic E-state index is 0.0908. The summed E-state index contributed by atoms with van der Waals surface area (Å²) >= 11 is 1.80. The number of hydrogen-bond acceptors (Lipinski definition) is 8. The molecule has 9 nitrogen and oxygen atoms in total. The molecule has 2 aliphatic rings. The summed E-state index contributed by atoms with van der Waals surface area (Å²) in [5, 5.41) is 3.53. The number of unbranched alkanes of at least 4 members (excludes halogenated alkanes) is 1. The van der Waals surface area contributed by atoms with Gasteiger partial charge in [-0.25, -0.2) is 4.79 Å². The summed E-state index contributed by atoms with van der Waals surface area (Å²) in [4.78, 5) is 35.1. The van der Waals surface area contributed by atoms with Crippen molar-refractivity contribution < 1.29 is 23.9 Å². The third-order valence-electron chi connectivity index (χ3n) is 7.09. The zero-order chi connectivity index (χ0) is 26.3. The average Bonchev–Trinajstić information content (AvgIpc) is 3.42. The van der Waals surface area contributed by atoms with Crippen LogP contribution in [-0.2, 0) is 20.8 Å². The highest BCUT2D eigenvalue weighted by molar-refractivity contribution is 7.17. The lowest BCUT2D eigenvalue weighted by atomic mass is 10.0. The summed E-state index contributed by atoms with van der Waals surface area (Å²) in [7, 11) is 1.32. The number of hydroxylamine groups is 1. The summed E-state index contributed by atoms with van der Waals surface area (Å²) in [6.07, 6.45) is 2.30. The molecule has 0 aliphatic carbocycles. The van der Waals surface area contributed by atoms with Crippen LogP contribution in [0.15, 0.2) is 47.8 Å². The first-order chi connectivity index (χ1) is 18.6. The second-order valence-electron chi connectivity index (χ2n) is 9.47. The molecule has 202 valence electrons. The van der Waals surface area contributed by atoms with Gasteiger partial charge in [-0.05, 0) is 61.0 Å². The lowest BCUT2D eigenvalue weighted by molar-refractivity contribution is -0.119. The van der Waals surface area contributed by atoms with Crippen LogP contribution in [0.5, 0.6) is 5.75 Å². The largest absolute Gasteiger partial charge is 0.494 e. The van der Waals surface area contributed by atoms with Gasteiger partial charge in [-0.15, -0.1) is 11.3 Å². The number of carbonyl (C=O) groups is 2. The molecule has 2 aromatic carbocycles. The van der Waals surface area contributed by atoms with E-state index >= 15 is 0 Å². The van der Waals surface area contributed by atoms with Gasteiger partial charge in [0, 0.05) is 54.4 Å². The Hall–Kier alpha value is -3.34. The topological polar surface area (TPSA) is 83.6 Å². The van der Waals surface area contributed by atoms with E-state index in [0.29, 0.717) is 25.2 Å². The second kappa shape index (κ2) is 12.5. The molecule has 0 spiro atoms. The molecule has 0 radical (unpaired) electrons. The SMILES string of the molecule is CONC(=O)OCN1C(=O)CCc2ccc(OCCCCN3CCN(c4cccc5sccc45)CC3)cc21. The standard InChI is InChI=1S/C28H34N4O5S/c1-35-29-28(34)37-20-32-25-19-22(9-7-21(25)8-10-27(32)33)36-17-3-2-12-30-13-15-31(16-14-30)24-5-4-6-26-23(24)11-18-38-26/h4-7,9,11,18-19H,2-3,8,10,12-17,20H2,1H3,(H,29,34). The number of thiophene rings is 1. The summed E-state index contributed by atoms with van der Waals surface area (Å²) in [5.74, 6) is 0.619. The highest BCUT2D eigenvalue weighted by Crippen LogP contribution is 2.32. The first kappa shape index (κ1) is 26.3. The number of hydrogen-bond donors (Lipinski definition) is 1. The minimum atomic E-state index is -0.749. The molecular formula is C28H34N4O5S. The number of nitrogens with one attached hydrogen (secondary N) is 1. The van der Waals surface area contributed by atoms with Gasteiger partial charge < -0.3 is 14.4 Å². The fourth-order valence-corrected chi connectivity index (χ4v) is 5.89. The number of amides is 2. The Labute approximate surface area is 226 Å². The van der Waals surface area contributed by atoms with Crippen molar-refractivity contribution in [1.82, 2.24) is 10.4 Å². The molecule has 38 heavy (non-hydrogen) atoms. The molecule has 1 N–H and O–H groups in total. The average molecular weight is 539 g/mol. The molecule has 0 saturated carbocycles. The Morgan fingerprint density at radius 2 is 1.89 bits per heavy atom. The van der Waals surface area contributed by atoms with Crippen LogP contribution in [0.25, 0.3) is 10.1 Å². The normalized spacial score (nSPS) is 16.0. The number of rotatable bonds is 10. The molecule has 3 aromatic rings. The van der Waals surface area contributed by atoms with Crippen LogP contribution in [-0.4, -0.2) is 70.1 Å². The van der Waals surface area contributed by atoms with E-state index in [-0.39, 0.29) is 12.6 Å². The second-order valence-corrected chi connectivity index (χ2v) is 10.4. The fraction of sp³-hybridized carbons (Fsp3) is 0.429. The Morgan fingerprint density at radius 1 is 1.03 bits per heavy atom. The number of carbonyl (C=O) groups excluding carboxylic acids is 2. The number of aryl methyl sites for hydroxylation is 1. The van der Waals surface area contributed by atoms with E-state index in [0.717, 1.165) is 56.8 Å². The van der Waals surface area contributed by atoms with Crippen LogP contribution in [0.2, 0.25) is 0 Å². The van der Waals surface area contributed by atoms with E-state index in [4.69, 9.17) is 9.47 Å². The summed E-state index contributed by atoms with van der Waals surface area (Å²) in [5.41, 5.74) is 5.19. The number of benzene rings is 2. The predicted octanol–water partition coefficient (Wildman–Crippen LogP) is 4.41. The molecule has 1 saturated heterocycles. The third-order valence-corrected chi connectivity index (χ3v) is 7.97. The molecule has 0 atom stereocenters. The maximum absolute atomic E-state index is 12.5. The molecule has 10 heteroatoms. The zero-order valence-corrected chi connectivity index (χ0v) is 22.5. The van der Waals surface area contributed by atoms with Crippen LogP contribution in [0, 0.1) is 0 Å². The molecule has 3 heterocycles. The predicted molar refractivity (Wildman–Crippen MR) is 149 cm³/mol. The zero-order valence-electron chi connectivity index (χ0n) is 21.7. The molecule has 0 bridgehead atoms. The molecule has 2 amide bonds. The van der Waals surface area contributed by atoms with Crippen molar-refractivity contribution in [2.45, 2.75) is 25.7 Å². The van der Waals surface area contributed by atoms with Crippen molar-refractivity contribution >= 4 is 44.8 Å². The quantitative estimate of drug-likeness (QED) is 0.303. The van der Waals surface area contributed by atoms with Crippen molar-refractivity contribution in [2.24, 2.45) is 0 Å². The Balaban J connectivity index is 1.05. The van der Waals surface area contributed by atoms with E-state index in [9.17, 15) is 9.59 Å². The highest BCUT2D eigenvalue weighted by atomic mass is 32.1. The van der Waals surface area contributed by atoms with Gasteiger partial charge in [0.2, 0.25) is 5.91 Å². The van der Waals surface area contributed by atoms with Crippen LogP contribution < -0.4 is 20.0 Å². The van der Waals surface area contributed by atoms with Crippen molar-refractivity contribution in [3.05, 3.63) is 53.4 Å². The lowest BCUT2D eigenvalue weighted by Crippen LogP contribution is -2.46. The van der Waals surface area contributed by atoms with Crippen molar-refractivity contribution in [1.29, 1.82) is 0 Å². The number of ether oxygens (including phenoxy) is 2. The van der Waals surface area contributed by atoms with E-state index in [1.807, 2.05) is 18.2 Å². The van der Waals surface area contributed by atoms with E-state index in [1.165, 1.54) is 27.8 Å². The van der Waals surface area contributed by atoms with Gasteiger partial charge in [-0.2, -0.15) is 5.48 Å². The Kier molecular flexibility index (Phi) is 8.62. The van der Waals surface area contributed by atoms with Crippen LogP contribution in [0.3, 0.4) is 0 Å². The number of anilines is 2. The van der Waals surface area contributed by atoms with Gasteiger partial charge in [-0.3, -0.25) is 19.4 Å². The van der Waals surface area contributed by atoms with E-state index in [1.54, 1.807) is 11.3 Å². The van der Waals surface area contributed by atoms with E-state index in [2.05, 4.69) is 49.8 Å². The smallest absolute Gasteiger partial charge is 0.433 e. The monoisotopic (exact) mass is 538 g/mol. The summed E-state index contributed by atoms with van der Waals surface area (Å²) in [6, 6.07) is 14.6. The third kappa shape index (κ3) is 6.20. The van der Waals surface area contributed by atoms with Crippen molar-refractivity contribution in [3.63, 3.8) is 0 Å². The van der Waals surface area contributed by atoms with Gasteiger partial charge in [0.1, 0.15) is 5.75 Å². The highest BCUT2D eigenvalue weighted by Gasteiger charge is 2.26. The van der Waals surface area contributed by atoms with Gasteiger partial charge >= 0.3 is 6.09 Å². The van der Waals surface area contributed by atoms with Gasteiger partial charge in [0.05, 0.1) is 19.4 Å². The summed E-state index contributed by atoms with van der Waals surface area (Å²) < 4.78 is 12.5. The number of fused-ring (bicyclic) bond motifs is 2. The Morgan fingerprint density at radius 3 is 2.74 bits per heavy atom. The molecule has 2 aliphatic heterocycles. The molecule has 1 fully saturated rings. The van der Waals surface area contributed by atoms with Gasteiger partial charge in [0.15, 0.2) is 6.73 Å². The molecule has 1 aromatic heterocycles. The first-order valence-electron chi connectivity index (χ1n) is 13.1. The van der Waals surface area contributed by atoms with Crippen molar-refractivity contribution in [2.75, 3.05) is 63.0 Å². The van der Waals surface area contributed by atoms with Gasteiger partial charge in [0.25, 0.3) is 0 Å². The fourth-order valence-electron chi connectivity index (χ4n) is 5.08. The van der Waals surface area contributed by atoms with Crippen LogP contribution in [0.4, 0.5) is 16.2 Å². The first-order valence-corrected chi connectivity index (χ1v) is 14.0. The van der Waals surface area contributed by atoms with Crippen LogP contribution in [0.1, 0.15) is 24.8 Å². The van der Waals surface area contributed by atoms with E-state index < -0.39 is 6.09 Å². The maximum atomic E-state index is 12.5. The number of piperazine rings is 1.